The molecule has 0 spiro atoms. The average Bonchev–Trinajstić information content (AvgIpc) is 2.13. The van der Waals surface area contributed by atoms with E-state index in [2.05, 4.69) is 13.8 Å². The van der Waals surface area contributed by atoms with E-state index in [1.54, 1.807) is 0 Å². The van der Waals surface area contributed by atoms with E-state index in [1.807, 2.05) is 0 Å². The number of rotatable bonds is 1. The van der Waals surface area contributed by atoms with Crippen molar-refractivity contribution >= 4 is 0 Å². The Bertz CT molecular complexity index is 88.6. The summed E-state index contributed by atoms with van der Waals surface area (Å²) in [5, 5.41) is 9.36. The molecule has 9 heavy (non-hydrogen) atoms. The minimum absolute atomic E-state index is 0.00463. The molecule has 0 heterocycles. The van der Waals surface area contributed by atoms with E-state index < -0.39 is 0 Å². The van der Waals surface area contributed by atoms with Gasteiger partial charge >= 0.3 is 0 Å². The molecule has 0 saturated heterocycles. The quantitative estimate of drug-likeness (QED) is 0.571. The van der Waals surface area contributed by atoms with Crippen molar-refractivity contribution in [3.05, 3.63) is 0 Å². The molecule has 1 saturated carbocycles. The summed E-state index contributed by atoms with van der Waals surface area (Å²) in [6.45, 7) is 4.39. The van der Waals surface area contributed by atoms with Gasteiger partial charge in [0, 0.05) is 0 Å². The lowest BCUT2D eigenvalue weighted by Gasteiger charge is -2.17. The maximum atomic E-state index is 9.36. The molecule has 1 aliphatic rings. The zero-order valence-corrected chi connectivity index (χ0v) is 6.30. The molecule has 0 aromatic carbocycles. The average molecular weight is 128 g/mol. The van der Waals surface area contributed by atoms with Gasteiger partial charge in [0.05, 0.1) is 6.10 Å². The Morgan fingerprint density at radius 1 is 1.33 bits per heavy atom. The van der Waals surface area contributed by atoms with Crippen molar-refractivity contribution in [2.24, 2.45) is 11.8 Å². The molecule has 1 unspecified atom stereocenters. The van der Waals surface area contributed by atoms with Crippen molar-refractivity contribution in [3.8, 4) is 0 Å². The Balaban J connectivity index is 2.40. The van der Waals surface area contributed by atoms with Crippen molar-refractivity contribution in [2.45, 2.75) is 39.2 Å². The zero-order chi connectivity index (χ0) is 6.85. The minimum atomic E-state index is 0.00463. The van der Waals surface area contributed by atoms with Crippen molar-refractivity contribution in [1.82, 2.24) is 0 Å². The first-order valence-corrected chi connectivity index (χ1v) is 3.90. The van der Waals surface area contributed by atoms with E-state index in [9.17, 15) is 5.11 Å². The van der Waals surface area contributed by atoms with Crippen LogP contribution < -0.4 is 0 Å². The summed E-state index contributed by atoms with van der Waals surface area (Å²) in [6, 6.07) is 0. The zero-order valence-electron chi connectivity index (χ0n) is 6.30. The summed E-state index contributed by atoms with van der Waals surface area (Å²) >= 11 is 0. The van der Waals surface area contributed by atoms with Gasteiger partial charge in [0.15, 0.2) is 0 Å². The van der Waals surface area contributed by atoms with Crippen LogP contribution in [-0.2, 0) is 0 Å². The van der Waals surface area contributed by atoms with Gasteiger partial charge in [0.25, 0.3) is 0 Å². The van der Waals surface area contributed by atoms with Gasteiger partial charge < -0.3 is 5.11 Å². The molecule has 1 N–H and O–H groups in total. The largest absolute Gasteiger partial charge is 0.393 e. The van der Waals surface area contributed by atoms with Gasteiger partial charge in [0.1, 0.15) is 0 Å². The molecule has 1 aliphatic carbocycles. The molecule has 0 bridgehead atoms. The lowest BCUT2D eigenvalue weighted by Crippen LogP contribution is -2.18. The first-order chi connectivity index (χ1) is 4.22. The van der Waals surface area contributed by atoms with E-state index in [-0.39, 0.29) is 6.10 Å². The third kappa shape index (κ3) is 1.45. The monoisotopic (exact) mass is 128 g/mol. The molecular formula is C8H16O. The Labute approximate surface area is 57.1 Å². The lowest BCUT2D eigenvalue weighted by atomic mass is 9.93. The summed E-state index contributed by atoms with van der Waals surface area (Å²) < 4.78 is 0. The number of hydrogen-bond donors (Lipinski definition) is 1. The van der Waals surface area contributed by atoms with E-state index in [4.69, 9.17) is 0 Å². The fourth-order valence-electron chi connectivity index (χ4n) is 1.75. The second-order valence-electron chi connectivity index (χ2n) is 3.41. The molecule has 54 valence electrons. The smallest absolute Gasteiger partial charge is 0.0570 e. The van der Waals surface area contributed by atoms with Crippen LogP contribution in [0.25, 0.3) is 0 Å². The predicted octanol–water partition coefficient (Wildman–Crippen LogP) is 1.80. The maximum absolute atomic E-state index is 9.36. The topological polar surface area (TPSA) is 20.2 Å². The molecule has 1 nitrogen and oxygen atoms in total. The summed E-state index contributed by atoms with van der Waals surface area (Å²) in [4.78, 5) is 0. The Morgan fingerprint density at radius 2 is 2.00 bits per heavy atom. The highest BCUT2D eigenvalue weighted by molar-refractivity contribution is 4.78. The molecule has 0 aromatic rings. The second kappa shape index (κ2) is 2.70. The van der Waals surface area contributed by atoms with Gasteiger partial charge in [0.2, 0.25) is 0 Å². The first kappa shape index (κ1) is 7.07. The van der Waals surface area contributed by atoms with E-state index in [0.717, 1.165) is 6.42 Å². The SMILES string of the molecule is CC(C)C1CCC[C@H]1O. The van der Waals surface area contributed by atoms with Crippen LogP contribution in [0.4, 0.5) is 0 Å². The lowest BCUT2D eigenvalue weighted by molar-refractivity contribution is 0.108. The van der Waals surface area contributed by atoms with Crippen LogP contribution >= 0.6 is 0 Å². The van der Waals surface area contributed by atoms with Crippen molar-refractivity contribution in [3.63, 3.8) is 0 Å². The van der Waals surface area contributed by atoms with Gasteiger partial charge in [-0.25, -0.2) is 0 Å². The highest BCUT2D eigenvalue weighted by Crippen LogP contribution is 2.30. The van der Waals surface area contributed by atoms with Gasteiger partial charge in [-0.05, 0) is 24.7 Å². The molecule has 2 atom stereocenters. The van der Waals surface area contributed by atoms with Crippen LogP contribution in [0.15, 0.2) is 0 Å². The summed E-state index contributed by atoms with van der Waals surface area (Å²) in [5.74, 6) is 1.26. The van der Waals surface area contributed by atoms with Crippen molar-refractivity contribution < 1.29 is 5.11 Å². The van der Waals surface area contributed by atoms with Crippen LogP contribution in [0, 0.1) is 11.8 Å². The fourth-order valence-corrected chi connectivity index (χ4v) is 1.75. The Kier molecular flexibility index (Phi) is 2.12. The number of aliphatic hydroxyl groups excluding tert-OH is 1. The van der Waals surface area contributed by atoms with Gasteiger partial charge in [-0.1, -0.05) is 20.3 Å². The van der Waals surface area contributed by atoms with Crippen LogP contribution in [0.5, 0.6) is 0 Å². The third-order valence-corrected chi connectivity index (χ3v) is 2.39. The highest BCUT2D eigenvalue weighted by atomic mass is 16.3. The van der Waals surface area contributed by atoms with Crippen LogP contribution in [0.2, 0.25) is 0 Å². The molecule has 0 aliphatic heterocycles. The van der Waals surface area contributed by atoms with Gasteiger partial charge in [-0.2, -0.15) is 0 Å². The molecule has 1 fully saturated rings. The predicted molar refractivity (Wildman–Crippen MR) is 38.2 cm³/mol. The van der Waals surface area contributed by atoms with Crippen LogP contribution in [-0.4, -0.2) is 11.2 Å². The number of aliphatic hydroxyl groups is 1. The molecular weight excluding hydrogens is 112 g/mol. The molecule has 0 radical (unpaired) electrons. The fraction of sp³-hybridized carbons (Fsp3) is 1.00. The highest BCUT2D eigenvalue weighted by Gasteiger charge is 2.27. The van der Waals surface area contributed by atoms with E-state index >= 15 is 0 Å². The second-order valence-corrected chi connectivity index (χ2v) is 3.41. The van der Waals surface area contributed by atoms with Gasteiger partial charge in [-0.3, -0.25) is 0 Å². The third-order valence-electron chi connectivity index (χ3n) is 2.39. The van der Waals surface area contributed by atoms with E-state index in [1.165, 1.54) is 12.8 Å². The maximum Gasteiger partial charge on any atom is 0.0570 e. The first-order valence-electron chi connectivity index (χ1n) is 3.90. The van der Waals surface area contributed by atoms with Crippen LogP contribution in [0.1, 0.15) is 33.1 Å². The summed E-state index contributed by atoms with van der Waals surface area (Å²) in [5.41, 5.74) is 0. The standard InChI is InChI=1S/C8H16O/c1-6(2)7-4-3-5-8(7)9/h6-9H,3-5H2,1-2H3/t7?,8-/m1/s1. The number of hydrogen-bond acceptors (Lipinski definition) is 1. The minimum Gasteiger partial charge on any atom is -0.393 e. The van der Waals surface area contributed by atoms with Crippen LogP contribution in [0.3, 0.4) is 0 Å². The Hall–Kier alpha value is -0.0400. The molecule has 1 heteroatoms. The van der Waals surface area contributed by atoms with Crippen molar-refractivity contribution in [2.75, 3.05) is 0 Å². The Morgan fingerprint density at radius 3 is 2.22 bits per heavy atom. The summed E-state index contributed by atoms with van der Waals surface area (Å²) in [7, 11) is 0. The normalized spacial score (nSPS) is 36.0. The molecule has 0 aromatic heterocycles. The molecule has 0 amide bonds. The van der Waals surface area contributed by atoms with Gasteiger partial charge in [-0.15, -0.1) is 0 Å². The van der Waals surface area contributed by atoms with Crippen molar-refractivity contribution in [1.29, 1.82) is 0 Å². The molecule has 1 rings (SSSR count). The van der Waals surface area contributed by atoms with E-state index in [0.29, 0.717) is 11.8 Å². The summed E-state index contributed by atoms with van der Waals surface area (Å²) in [6.07, 6.45) is 3.50.